The summed E-state index contributed by atoms with van der Waals surface area (Å²) in [6.07, 6.45) is 4.64. The molecule has 0 saturated heterocycles. The van der Waals surface area contributed by atoms with E-state index in [-0.39, 0.29) is 38.2 Å². The van der Waals surface area contributed by atoms with Crippen molar-refractivity contribution in [3.63, 3.8) is 0 Å². The maximum absolute atomic E-state index is 13.5. The molecule has 10 heteroatoms. The van der Waals surface area contributed by atoms with Gasteiger partial charge in [0.25, 0.3) is 11.8 Å². The number of carbonyl (C=O) groups is 3. The predicted molar refractivity (Wildman–Crippen MR) is 166 cm³/mol. The number of carbonyl (C=O) groups excluding carboxylic acids is 3. The molecule has 0 aliphatic carbocycles. The molecule has 3 amide bonds. The molecule has 1 aromatic heterocycles. The zero-order chi connectivity index (χ0) is 28.6. The first-order valence-electron chi connectivity index (χ1n) is 13.7. The number of hydrogen-bond acceptors (Lipinski definition) is 7. The second-order valence-corrected chi connectivity index (χ2v) is 11.1. The minimum Gasteiger partial charge on any atom is -0.355 e. The zero-order valence-corrected chi connectivity index (χ0v) is 24.5. The average molecular weight is 579 g/mol. The second-order valence-electron chi connectivity index (χ2n) is 10.0. The Balaban J connectivity index is 0.00000462. The van der Waals surface area contributed by atoms with Crippen LogP contribution >= 0.6 is 11.3 Å². The quantitative estimate of drug-likeness (QED) is 0.305. The van der Waals surface area contributed by atoms with Gasteiger partial charge in [-0.3, -0.25) is 19.4 Å². The van der Waals surface area contributed by atoms with E-state index in [2.05, 4.69) is 34.7 Å². The van der Waals surface area contributed by atoms with Gasteiger partial charge >= 0.3 is 0 Å². The summed E-state index contributed by atoms with van der Waals surface area (Å²) in [4.78, 5) is 45.2. The molecule has 0 fully saturated rings. The fourth-order valence-electron chi connectivity index (χ4n) is 4.79. The summed E-state index contributed by atoms with van der Waals surface area (Å²) in [5.74, 6) is -0.374. The van der Waals surface area contributed by atoms with E-state index in [1.54, 1.807) is 25.3 Å². The molecule has 4 rings (SSSR count). The summed E-state index contributed by atoms with van der Waals surface area (Å²) in [5, 5.41) is 10.1. The van der Waals surface area contributed by atoms with Crippen molar-refractivity contribution in [1.29, 1.82) is 0 Å². The first-order chi connectivity index (χ1) is 19.3. The van der Waals surface area contributed by atoms with E-state index in [0.717, 1.165) is 41.1 Å². The van der Waals surface area contributed by atoms with E-state index >= 15 is 0 Å². The highest BCUT2D eigenvalue weighted by atomic mass is 32.1. The molecule has 0 bridgehead atoms. The number of amides is 3. The third-order valence-corrected chi connectivity index (χ3v) is 8.16. The van der Waals surface area contributed by atoms with E-state index in [1.807, 2.05) is 47.2 Å². The third kappa shape index (κ3) is 7.92. The highest BCUT2D eigenvalue weighted by Gasteiger charge is 2.27. The monoisotopic (exact) mass is 578 g/mol. The van der Waals surface area contributed by atoms with Gasteiger partial charge in [0.2, 0.25) is 5.91 Å². The number of benzene rings is 2. The Labute approximate surface area is 247 Å². The Kier molecular flexibility index (Phi) is 11.4. The predicted octanol–water partition coefficient (Wildman–Crippen LogP) is 4.62. The van der Waals surface area contributed by atoms with Crippen molar-refractivity contribution in [3.05, 3.63) is 70.2 Å². The van der Waals surface area contributed by atoms with Crippen molar-refractivity contribution in [2.24, 2.45) is 0 Å². The average Bonchev–Trinajstić information content (AvgIpc) is 3.62. The van der Waals surface area contributed by atoms with Crippen molar-refractivity contribution >= 4 is 34.7 Å². The molecule has 0 saturated carbocycles. The maximum atomic E-state index is 13.5. The smallest absolute Gasteiger partial charge is 0.262 e. The molecule has 3 aromatic rings. The molecule has 2 aromatic carbocycles. The number of aromatic nitrogens is 1. The summed E-state index contributed by atoms with van der Waals surface area (Å²) >= 11 is 1.32. The van der Waals surface area contributed by atoms with Crippen LogP contribution in [0.5, 0.6) is 0 Å². The molecule has 0 radical (unpaired) electrons. The molecule has 2 heterocycles. The number of hydrogen-bond donors (Lipinski definition) is 2. The van der Waals surface area contributed by atoms with Crippen LogP contribution in [0.2, 0.25) is 0 Å². The number of thiazole rings is 1. The van der Waals surface area contributed by atoms with Gasteiger partial charge in [0.15, 0.2) is 0 Å². The van der Waals surface area contributed by atoms with Crippen molar-refractivity contribution < 1.29 is 14.4 Å². The van der Waals surface area contributed by atoms with E-state index in [1.165, 1.54) is 22.5 Å². The zero-order valence-electron chi connectivity index (χ0n) is 23.7. The van der Waals surface area contributed by atoms with Gasteiger partial charge in [0.05, 0.1) is 19.3 Å². The molecule has 0 atom stereocenters. The largest absolute Gasteiger partial charge is 0.355 e. The number of hydrazine groups is 1. The summed E-state index contributed by atoms with van der Waals surface area (Å²) in [5.41, 5.74) is 5.04. The van der Waals surface area contributed by atoms with E-state index in [9.17, 15) is 14.4 Å². The highest BCUT2D eigenvalue weighted by molar-refractivity contribution is 7.16. The Morgan fingerprint density at radius 2 is 1.76 bits per heavy atom. The molecule has 2 N–H and O–H groups in total. The Hall–Kier alpha value is -3.76. The lowest BCUT2D eigenvalue weighted by atomic mass is 10.1. The third-order valence-electron chi connectivity index (χ3n) is 7.11. The Morgan fingerprint density at radius 3 is 2.39 bits per heavy atom. The summed E-state index contributed by atoms with van der Waals surface area (Å²) in [6.45, 7) is 6.20. The molecule has 1 aliphatic heterocycles. The van der Waals surface area contributed by atoms with Gasteiger partial charge in [0.1, 0.15) is 9.88 Å². The minimum absolute atomic E-state index is 0. The van der Waals surface area contributed by atoms with Crippen LogP contribution in [0.1, 0.15) is 60.0 Å². The number of fused-ring (bicyclic) bond motifs is 1. The first-order valence-corrected chi connectivity index (χ1v) is 14.5. The summed E-state index contributed by atoms with van der Waals surface area (Å²) in [7, 11) is 3.39. The molecular formula is C31H42N6O3S. The topological polar surface area (TPSA) is 97.9 Å². The fourth-order valence-corrected chi connectivity index (χ4v) is 5.65. The lowest BCUT2D eigenvalue weighted by molar-refractivity contribution is -0.145. The number of aryl methyl sites for hydroxylation is 1. The Bertz CT molecular complexity index is 1330. The molecule has 41 heavy (non-hydrogen) atoms. The molecule has 220 valence electrons. The Morgan fingerprint density at radius 1 is 1.05 bits per heavy atom. The van der Waals surface area contributed by atoms with Crippen molar-refractivity contribution in [3.8, 4) is 10.6 Å². The molecule has 1 aliphatic rings. The number of anilines is 1. The van der Waals surface area contributed by atoms with Gasteiger partial charge in [-0.1, -0.05) is 51.5 Å². The van der Waals surface area contributed by atoms with E-state index < -0.39 is 0 Å². The van der Waals surface area contributed by atoms with Crippen LogP contribution in [-0.2, 0) is 22.7 Å². The second kappa shape index (κ2) is 14.7. The molecule has 9 nitrogen and oxygen atoms in total. The molecular weight excluding hydrogens is 536 g/mol. The standard InChI is InChI=1S/C30H38N6O3S.CH4/c1-5-6-9-14-32-27(37)19-35(20-28(38)34(4)36-17-23-10-7-8-11-24(23)18-36)25-13-12-22(15-21(25)2)30-33-16-26(40-30)29(39)31-3;/h7-8,10-13,15-16H,5-6,9,14,17-20H2,1-4H3,(H,31,39)(H,32,37);1H4. The van der Waals surface area contributed by atoms with Crippen molar-refractivity contribution in [2.75, 3.05) is 38.6 Å². The van der Waals surface area contributed by atoms with Crippen LogP contribution in [0.15, 0.2) is 48.7 Å². The number of rotatable bonds is 12. The van der Waals surface area contributed by atoms with Gasteiger partial charge in [-0.15, -0.1) is 11.3 Å². The molecule has 0 spiro atoms. The van der Waals surface area contributed by atoms with Crippen LogP contribution < -0.4 is 15.5 Å². The van der Waals surface area contributed by atoms with Gasteiger partial charge in [-0.2, -0.15) is 0 Å². The SMILES string of the molecule is C.CCCCCNC(=O)CN(CC(=O)N(C)N1Cc2ccccc2C1)c1ccc(-c2ncc(C(=O)NC)s2)cc1C. The fraction of sp³-hybridized carbons (Fsp3) is 0.419. The number of unbranched alkanes of at least 4 members (excludes halogenated alkanes) is 2. The number of nitrogens with zero attached hydrogens (tertiary/aromatic N) is 4. The van der Waals surface area contributed by atoms with Crippen LogP contribution in [0.25, 0.3) is 10.6 Å². The van der Waals surface area contributed by atoms with Crippen LogP contribution in [0, 0.1) is 6.92 Å². The summed E-state index contributed by atoms with van der Waals surface area (Å²) in [6, 6.07) is 14.0. The van der Waals surface area contributed by atoms with Gasteiger partial charge < -0.3 is 15.5 Å². The van der Waals surface area contributed by atoms with E-state index in [4.69, 9.17) is 0 Å². The van der Waals surface area contributed by atoms with Crippen molar-refractivity contribution in [1.82, 2.24) is 25.6 Å². The highest BCUT2D eigenvalue weighted by Crippen LogP contribution is 2.30. The van der Waals surface area contributed by atoms with Crippen LogP contribution in [0.4, 0.5) is 5.69 Å². The van der Waals surface area contributed by atoms with Crippen molar-refractivity contribution in [2.45, 2.75) is 53.6 Å². The van der Waals surface area contributed by atoms with Gasteiger partial charge in [-0.25, -0.2) is 9.99 Å². The van der Waals surface area contributed by atoms with Crippen LogP contribution in [0.3, 0.4) is 0 Å². The lowest BCUT2D eigenvalue weighted by Crippen LogP contribution is -2.48. The number of nitrogens with one attached hydrogen (secondary N) is 2. The lowest BCUT2D eigenvalue weighted by Gasteiger charge is -2.32. The maximum Gasteiger partial charge on any atom is 0.262 e. The van der Waals surface area contributed by atoms with Gasteiger partial charge in [0, 0.05) is 45.0 Å². The number of likely N-dealkylation sites (N-methyl/N-ethyl adjacent to an activating group) is 1. The molecule has 0 unspecified atom stereocenters. The van der Waals surface area contributed by atoms with Crippen LogP contribution in [-0.4, -0.2) is 66.5 Å². The normalized spacial score (nSPS) is 12.3. The van der Waals surface area contributed by atoms with Gasteiger partial charge in [-0.05, 0) is 48.2 Å². The summed E-state index contributed by atoms with van der Waals surface area (Å²) < 4.78 is 0. The first kappa shape index (κ1) is 31.8. The van der Waals surface area contributed by atoms with E-state index in [0.29, 0.717) is 24.5 Å². The minimum atomic E-state index is -0.169.